The number of rotatable bonds is 5. The summed E-state index contributed by atoms with van der Waals surface area (Å²) in [5.41, 5.74) is 2.34. The molecule has 7 heteroatoms. The van der Waals surface area contributed by atoms with E-state index in [0.717, 1.165) is 0 Å². The first kappa shape index (κ1) is 18.5. The Morgan fingerprint density at radius 1 is 1.15 bits per heavy atom. The third-order valence-electron chi connectivity index (χ3n) is 4.17. The fourth-order valence-corrected chi connectivity index (χ4v) is 2.92. The Kier molecular flexibility index (Phi) is 5.19. The summed E-state index contributed by atoms with van der Waals surface area (Å²) in [6, 6.07) is 8.01. The number of carbonyl (C=O) groups is 2. The first-order valence-corrected chi connectivity index (χ1v) is 8.45. The molecule has 0 aliphatic rings. The number of halogens is 1. The topological polar surface area (TPSA) is 74.0 Å². The molecule has 0 unspecified atom stereocenters. The van der Waals surface area contributed by atoms with Crippen LogP contribution in [0.5, 0.6) is 0 Å². The molecule has 0 bridgehead atoms. The Bertz CT molecular complexity index is 1110. The maximum Gasteiger partial charge on any atom is 0.250 e. The Balaban J connectivity index is 2.20. The summed E-state index contributed by atoms with van der Waals surface area (Å²) >= 11 is 5.90. The van der Waals surface area contributed by atoms with E-state index < -0.39 is 0 Å². The number of aromatic nitrogens is 3. The zero-order chi connectivity index (χ0) is 19.6. The van der Waals surface area contributed by atoms with E-state index in [9.17, 15) is 14.4 Å². The number of pyridine rings is 1. The lowest BCUT2D eigenvalue weighted by atomic mass is 9.98. The molecule has 3 rings (SSSR count). The minimum absolute atomic E-state index is 0.221. The molecule has 2 heterocycles. The summed E-state index contributed by atoms with van der Waals surface area (Å²) < 4.78 is 2.90. The molecule has 1 aromatic carbocycles. The Hall–Kier alpha value is -3.25. The van der Waals surface area contributed by atoms with Crippen LogP contribution in [-0.4, -0.2) is 26.4 Å². The zero-order valence-corrected chi connectivity index (χ0v) is 15.5. The van der Waals surface area contributed by atoms with E-state index in [0.29, 0.717) is 39.3 Å². The minimum Gasteiger partial charge on any atom is -0.318 e. The van der Waals surface area contributed by atoms with Gasteiger partial charge in [0.25, 0.3) is 5.56 Å². The minimum atomic E-state index is -0.223. The number of carbonyl (C=O) groups excluding carboxylic acids is 2. The van der Waals surface area contributed by atoms with Crippen molar-refractivity contribution in [2.24, 2.45) is 14.1 Å². The summed E-state index contributed by atoms with van der Waals surface area (Å²) in [5.74, 6) is -0.221. The molecule has 0 atom stereocenters. The Labute approximate surface area is 160 Å². The van der Waals surface area contributed by atoms with Crippen LogP contribution in [0.25, 0.3) is 17.2 Å². The van der Waals surface area contributed by atoms with Crippen molar-refractivity contribution >= 4 is 29.7 Å². The molecule has 0 N–H and O–H groups in total. The average molecular weight is 382 g/mol. The fourth-order valence-electron chi connectivity index (χ4n) is 2.79. The van der Waals surface area contributed by atoms with Gasteiger partial charge in [-0.15, -0.1) is 0 Å². The zero-order valence-electron chi connectivity index (χ0n) is 14.7. The first-order chi connectivity index (χ1) is 12.9. The van der Waals surface area contributed by atoms with E-state index in [2.05, 4.69) is 5.10 Å². The second kappa shape index (κ2) is 7.55. The van der Waals surface area contributed by atoms with E-state index >= 15 is 0 Å². The van der Waals surface area contributed by atoms with E-state index in [1.165, 1.54) is 27.5 Å². The molecule has 6 nitrogen and oxygen atoms in total. The number of aryl methyl sites for hydroxylation is 2. The fraction of sp³-hybridized carbons (Fsp3) is 0.100. The predicted molar refractivity (Wildman–Crippen MR) is 104 cm³/mol. The molecular formula is C20H16ClN3O3. The maximum absolute atomic E-state index is 13.1. The summed E-state index contributed by atoms with van der Waals surface area (Å²) in [4.78, 5) is 35.8. The quantitative estimate of drug-likeness (QED) is 0.387. The van der Waals surface area contributed by atoms with Crippen LogP contribution in [0.15, 0.2) is 53.6 Å². The van der Waals surface area contributed by atoms with Crippen LogP contribution in [0.2, 0.25) is 5.02 Å². The van der Waals surface area contributed by atoms with Crippen LogP contribution < -0.4 is 5.56 Å². The molecule has 0 aliphatic carbocycles. The largest absolute Gasteiger partial charge is 0.318 e. The number of ketones is 1. The lowest BCUT2D eigenvalue weighted by Crippen LogP contribution is -2.16. The van der Waals surface area contributed by atoms with Crippen LogP contribution in [-0.2, 0) is 18.9 Å². The van der Waals surface area contributed by atoms with Gasteiger partial charge < -0.3 is 4.57 Å². The summed E-state index contributed by atoms with van der Waals surface area (Å²) in [6.45, 7) is 0. The van der Waals surface area contributed by atoms with Crippen molar-refractivity contribution in [3.05, 3.63) is 81.0 Å². The summed E-state index contributed by atoms with van der Waals surface area (Å²) in [7, 11) is 3.30. The van der Waals surface area contributed by atoms with Crippen LogP contribution in [0, 0.1) is 0 Å². The molecule has 0 spiro atoms. The smallest absolute Gasteiger partial charge is 0.250 e. The van der Waals surface area contributed by atoms with Crippen molar-refractivity contribution in [2.45, 2.75) is 0 Å². The maximum atomic E-state index is 13.1. The van der Waals surface area contributed by atoms with E-state index in [-0.39, 0.29) is 11.3 Å². The molecule has 0 saturated carbocycles. The van der Waals surface area contributed by atoms with Crippen LogP contribution in [0.3, 0.4) is 0 Å². The standard InChI is InChI=1S/C20H16ClN3O3/c1-23-12-17(14(4-3-9-25)10-18(23)26)16-11-22-24(2)19(16)20(27)13-5-7-15(21)8-6-13/h3-12H,1-2H3/b4-3+. The van der Waals surface area contributed by atoms with Gasteiger partial charge in [-0.2, -0.15) is 5.10 Å². The number of aldehydes is 1. The lowest BCUT2D eigenvalue weighted by Gasteiger charge is -2.10. The highest BCUT2D eigenvalue weighted by Crippen LogP contribution is 2.28. The average Bonchev–Trinajstić information content (AvgIpc) is 3.03. The van der Waals surface area contributed by atoms with E-state index in [1.807, 2.05) is 0 Å². The molecule has 0 aliphatic heterocycles. The van der Waals surface area contributed by atoms with Crippen molar-refractivity contribution in [1.29, 1.82) is 0 Å². The van der Waals surface area contributed by atoms with Crippen molar-refractivity contribution < 1.29 is 9.59 Å². The summed E-state index contributed by atoms with van der Waals surface area (Å²) in [5, 5.41) is 4.76. The van der Waals surface area contributed by atoms with Crippen molar-refractivity contribution in [1.82, 2.24) is 14.3 Å². The number of hydrogen-bond donors (Lipinski definition) is 0. The van der Waals surface area contributed by atoms with Gasteiger partial charge in [0.1, 0.15) is 12.0 Å². The molecule has 2 aromatic heterocycles. The van der Waals surface area contributed by atoms with Gasteiger partial charge in [-0.25, -0.2) is 0 Å². The van der Waals surface area contributed by atoms with Gasteiger partial charge in [0.15, 0.2) is 0 Å². The van der Waals surface area contributed by atoms with Crippen molar-refractivity contribution in [3.8, 4) is 11.1 Å². The highest BCUT2D eigenvalue weighted by Gasteiger charge is 2.21. The molecule has 3 aromatic rings. The van der Waals surface area contributed by atoms with Gasteiger partial charge >= 0.3 is 0 Å². The van der Waals surface area contributed by atoms with Crippen LogP contribution in [0.1, 0.15) is 21.6 Å². The molecule has 0 fully saturated rings. The highest BCUT2D eigenvalue weighted by molar-refractivity contribution is 6.30. The van der Waals surface area contributed by atoms with E-state index in [1.54, 1.807) is 50.8 Å². The van der Waals surface area contributed by atoms with Crippen LogP contribution >= 0.6 is 11.6 Å². The molecule has 0 saturated heterocycles. The predicted octanol–water partition coefficient (Wildman–Crippen LogP) is 2.88. The number of allylic oxidation sites excluding steroid dienone is 1. The van der Waals surface area contributed by atoms with Gasteiger partial charge in [0, 0.05) is 48.1 Å². The number of benzene rings is 1. The molecule has 0 amide bonds. The molecule has 27 heavy (non-hydrogen) atoms. The number of hydrogen-bond acceptors (Lipinski definition) is 4. The molecule has 136 valence electrons. The molecular weight excluding hydrogens is 366 g/mol. The van der Waals surface area contributed by atoms with Gasteiger partial charge in [-0.05, 0) is 35.9 Å². The SMILES string of the molecule is Cn1ncc(-c2cn(C)c(=O)cc2/C=C/C=O)c1C(=O)c1ccc(Cl)cc1. The normalized spacial score (nSPS) is 11.1. The second-order valence-electron chi connectivity index (χ2n) is 5.95. The van der Waals surface area contributed by atoms with Crippen molar-refractivity contribution in [3.63, 3.8) is 0 Å². The highest BCUT2D eigenvalue weighted by atomic mass is 35.5. The van der Waals surface area contributed by atoms with Crippen LogP contribution in [0.4, 0.5) is 0 Å². The van der Waals surface area contributed by atoms with Crippen molar-refractivity contribution in [2.75, 3.05) is 0 Å². The Morgan fingerprint density at radius 3 is 2.52 bits per heavy atom. The number of nitrogens with zero attached hydrogens (tertiary/aromatic N) is 3. The third kappa shape index (κ3) is 3.66. The van der Waals surface area contributed by atoms with Gasteiger partial charge in [0.2, 0.25) is 5.78 Å². The third-order valence-corrected chi connectivity index (χ3v) is 4.42. The van der Waals surface area contributed by atoms with Gasteiger partial charge in [-0.3, -0.25) is 19.1 Å². The monoisotopic (exact) mass is 381 g/mol. The second-order valence-corrected chi connectivity index (χ2v) is 6.39. The lowest BCUT2D eigenvalue weighted by molar-refractivity contribution is -0.104. The van der Waals surface area contributed by atoms with E-state index in [4.69, 9.17) is 11.6 Å². The summed E-state index contributed by atoms with van der Waals surface area (Å²) in [6.07, 6.45) is 6.66. The molecule has 0 radical (unpaired) electrons. The van der Waals surface area contributed by atoms with Gasteiger partial charge in [0.05, 0.1) is 6.20 Å². The first-order valence-electron chi connectivity index (χ1n) is 8.07. The van der Waals surface area contributed by atoms with Gasteiger partial charge in [-0.1, -0.05) is 17.7 Å². The Morgan fingerprint density at radius 2 is 1.85 bits per heavy atom.